The monoisotopic (exact) mass is 333 g/mol. The van der Waals surface area contributed by atoms with Gasteiger partial charge < -0.3 is 0 Å². The molecule has 0 bridgehead atoms. The van der Waals surface area contributed by atoms with Crippen molar-refractivity contribution in [2.24, 2.45) is 0 Å². The fourth-order valence-corrected chi connectivity index (χ4v) is 4.69. The van der Waals surface area contributed by atoms with E-state index in [9.17, 15) is 16.8 Å². The second kappa shape index (κ2) is 5.82. The molecule has 1 aromatic carbocycles. The third-order valence-electron chi connectivity index (χ3n) is 3.19. The molecule has 0 radical (unpaired) electrons. The Balaban J connectivity index is 2.34. The standard InChI is InChI=1S/C12H19N3O4S2/c1-3-13-21(18,19)14-12-9-11(6-5-10(12)2)15-7-4-8-20(15,16)17/h5-6,9,13-14H,3-4,7-8H2,1-2H3. The minimum Gasteiger partial charge on any atom is -0.271 e. The predicted octanol–water partition coefficient (Wildman–Crippen LogP) is 0.801. The molecule has 2 N–H and O–H groups in total. The molecule has 0 aromatic heterocycles. The molecule has 1 heterocycles. The van der Waals surface area contributed by atoms with Crippen LogP contribution >= 0.6 is 0 Å². The molecule has 7 nitrogen and oxygen atoms in total. The molecule has 0 aliphatic carbocycles. The lowest BCUT2D eigenvalue weighted by Gasteiger charge is -2.19. The van der Waals surface area contributed by atoms with Crippen LogP contribution in [0.5, 0.6) is 0 Å². The number of nitrogens with zero attached hydrogens (tertiary/aromatic N) is 1. The van der Waals surface area contributed by atoms with Crippen molar-refractivity contribution in [2.75, 3.05) is 27.9 Å². The van der Waals surface area contributed by atoms with Crippen molar-refractivity contribution < 1.29 is 16.8 Å². The van der Waals surface area contributed by atoms with Gasteiger partial charge in [0.15, 0.2) is 0 Å². The maximum Gasteiger partial charge on any atom is 0.299 e. The van der Waals surface area contributed by atoms with Crippen LogP contribution in [0, 0.1) is 6.92 Å². The fraction of sp³-hybridized carbons (Fsp3) is 0.500. The highest BCUT2D eigenvalue weighted by Gasteiger charge is 2.28. The Morgan fingerprint density at radius 3 is 2.62 bits per heavy atom. The highest BCUT2D eigenvalue weighted by Crippen LogP contribution is 2.28. The van der Waals surface area contributed by atoms with Gasteiger partial charge in [0.25, 0.3) is 10.2 Å². The third-order valence-corrected chi connectivity index (χ3v) is 6.21. The fourth-order valence-electron chi connectivity index (χ4n) is 2.18. The number of anilines is 2. The summed E-state index contributed by atoms with van der Waals surface area (Å²) >= 11 is 0. The second-order valence-electron chi connectivity index (χ2n) is 4.84. The van der Waals surface area contributed by atoms with Gasteiger partial charge in [-0.05, 0) is 31.0 Å². The maximum absolute atomic E-state index is 11.9. The van der Waals surface area contributed by atoms with Crippen molar-refractivity contribution >= 4 is 31.6 Å². The summed E-state index contributed by atoms with van der Waals surface area (Å²) in [6.45, 7) is 4.13. The Morgan fingerprint density at radius 2 is 2.05 bits per heavy atom. The number of benzene rings is 1. The topological polar surface area (TPSA) is 95.6 Å². The van der Waals surface area contributed by atoms with Gasteiger partial charge in [-0.15, -0.1) is 0 Å². The zero-order chi connectivity index (χ0) is 15.7. The van der Waals surface area contributed by atoms with Crippen molar-refractivity contribution in [1.82, 2.24) is 4.72 Å². The molecule has 0 atom stereocenters. The number of aryl methyl sites for hydroxylation is 1. The van der Waals surface area contributed by atoms with Crippen LogP contribution in [0.2, 0.25) is 0 Å². The molecular formula is C12H19N3O4S2. The van der Waals surface area contributed by atoms with E-state index in [1.807, 2.05) is 0 Å². The second-order valence-corrected chi connectivity index (χ2v) is 8.36. The van der Waals surface area contributed by atoms with E-state index in [1.54, 1.807) is 32.0 Å². The van der Waals surface area contributed by atoms with Gasteiger partial charge in [0.1, 0.15) is 0 Å². The molecule has 0 amide bonds. The van der Waals surface area contributed by atoms with Gasteiger partial charge in [0.05, 0.1) is 17.1 Å². The van der Waals surface area contributed by atoms with Crippen LogP contribution in [0.4, 0.5) is 11.4 Å². The van der Waals surface area contributed by atoms with E-state index < -0.39 is 20.2 Å². The van der Waals surface area contributed by atoms with E-state index in [4.69, 9.17) is 0 Å². The van der Waals surface area contributed by atoms with Crippen LogP contribution in [0.1, 0.15) is 18.9 Å². The number of rotatable bonds is 5. The van der Waals surface area contributed by atoms with Crippen LogP contribution in [0.3, 0.4) is 0 Å². The molecular weight excluding hydrogens is 314 g/mol. The Bertz CT molecular complexity index is 729. The zero-order valence-electron chi connectivity index (χ0n) is 12.0. The summed E-state index contributed by atoms with van der Waals surface area (Å²) in [7, 11) is -6.93. The SMILES string of the molecule is CCNS(=O)(=O)Nc1cc(N2CCCS2(=O)=O)ccc1C. The van der Waals surface area contributed by atoms with Crippen LogP contribution in [0.25, 0.3) is 0 Å². The molecule has 1 fully saturated rings. The molecule has 0 spiro atoms. The van der Waals surface area contributed by atoms with Gasteiger partial charge in [-0.2, -0.15) is 13.1 Å². The van der Waals surface area contributed by atoms with E-state index >= 15 is 0 Å². The third kappa shape index (κ3) is 3.66. The van der Waals surface area contributed by atoms with Gasteiger partial charge in [-0.1, -0.05) is 13.0 Å². The van der Waals surface area contributed by atoms with E-state index in [0.29, 0.717) is 24.3 Å². The minimum atomic E-state index is -3.64. The summed E-state index contributed by atoms with van der Waals surface area (Å²) in [5.41, 5.74) is 1.57. The summed E-state index contributed by atoms with van der Waals surface area (Å²) in [4.78, 5) is 0. The Kier molecular flexibility index (Phi) is 4.45. The summed E-state index contributed by atoms with van der Waals surface area (Å²) < 4.78 is 53.4. The Hall–Kier alpha value is -1.32. The van der Waals surface area contributed by atoms with E-state index in [2.05, 4.69) is 9.44 Å². The lowest BCUT2D eigenvalue weighted by molar-refractivity contribution is 0.589. The van der Waals surface area contributed by atoms with Crippen LogP contribution in [0.15, 0.2) is 18.2 Å². The van der Waals surface area contributed by atoms with Gasteiger partial charge >= 0.3 is 0 Å². The Labute approximate surface area is 125 Å². The first-order valence-electron chi connectivity index (χ1n) is 6.63. The summed E-state index contributed by atoms with van der Waals surface area (Å²) in [6.07, 6.45) is 0.578. The van der Waals surface area contributed by atoms with Crippen LogP contribution in [-0.2, 0) is 20.2 Å². The molecule has 2 rings (SSSR count). The average Bonchev–Trinajstić information content (AvgIpc) is 2.71. The van der Waals surface area contributed by atoms with Gasteiger partial charge in [0, 0.05) is 13.1 Å². The van der Waals surface area contributed by atoms with Gasteiger partial charge in [-0.25, -0.2) is 8.42 Å². The summed E-state index contributed by atoms with van der Waals surface area (Å²) in [5, 5.41) is 0. The highest BCUT2D eigenvalue weighted by molar-refractivity contribution is 7.93. The van der Waals surface area contributed by atoms with Gasteiger partial charge in [-0.3, -0.25) is 9.03 Å². The van der Waals surface area contributed by atoms with Crippen molar-refractivity contribution in [3.63, 3.8) is 0 Å². The first kappa shape index (κ1) is 16.1. The van der Waals surface area contributed by atoms with Crippen molar-refractivity contribution in [3.05, 3.63) is 23.8 Å². The van der Waals surface area contributed by atoms with E-state index in [0.717, 1.165) is 5.56 Å². The van der Waals surface area contributed by atoms with Crippen molar-refractivity contribution in [1.29, 1.82) is 0 Å². The molecule has 0 saturated carbocycles. The predicted molar refractivity (Wildman–Crippen MR) is 83.1 cm³/mol. The number of hydrogen-bond donors (Lipinski definition) is 2. The summed E-state index contributed by atoms with van der Waals surface area (Å²) in [6, 6.07) is 4.93. The van der Waals surface area contributed by atoms with E-state index in [-0.39, 0.29) is 12.3 Å². The molecule has 1 aliphatic rings. The highest BCUT2D eigenvalue weighted by atomic mass is 32.2. The van der Waals surface area contributed by atoms with Crippen LogP contribution in [-0.4, -0.2) is 35.7 Å². The smallest absolute Gasteiger partial charge is 0.271 e. The first-order valence-corrected chi connectivity index (χ1v) is 9.73. The van der Waals surface area contributed by atoms with Gasteiger partial charge in [0.2, 0.25) is 10.0 Å². The molecule has 1 aliphatic heterocycles. The molecule has 21 heavy (non-hydrogen) atoms. The van der Waals surface area contributed by atoms with Crippen LogP contribution < -0.4 is 13.7 Å². The zero-order valence-corrected chi connectivity index (χ0v) is 13.6. The average molecular weight is 333 g/mol. The normalized spacial score (nSPS) is 17.9. The summed E-state index contributed by atoms with van der Waals surface area (Å²) in [5.74, 6) is 0.124. The lowest BCUT2D eigenvalue weighted by Crippen LogP contribution is -2.30. The molecule has 9 heteroatoms. The number of sulfonamides is 1. The van der Waals surface area contributed by atoms with E-state index in [1.165, 1.54) is 4.31 Å². The number of nitrogens with one attached hydrogen (secondary N) is 2. The molecule has 1 aromatic rings. The maximum atomic E-state index is 11.9. The molecule has 0 unspecified atom stereocenters. The largest absolute Gasteiger partial charge is 0.299 e. The number of hydrogen-bond acceptors (Lipinski definition) is 4. The minimum absolute atomic E-state index is 0.124. The first-order chi connectivity index (χ1) is 9.75. The lowest BCUT2D eigenvalue weighted by atomic mass is 10.2. The molecule has 1 saturated heterocycles. The van der Waals surface area contributed by atoms with Crippen molar-refractivity contribution in [3.8, 4) is 0 Å². The quantitative estimate of drug-likeness (QED) is 0.833. The molecule has 118 valence electrons. The Morgan fingerprint density at radius 1 is 1.33 bits per heavy atom. The van der Waals surface area contributed by atoms with Crippen molar-refractivity contribution in [2.45, 2.75) is 20.3 Å².